The van der Waals surface area contributed by atoms with Crippen LogP contribution in [-0.4, -0.2) is 13.6 Å². The molecule has 0 heterocycles. The fourth-order valence-electron chi connectivity index (χ4n) is 2.64. The van der Waals surface area contributed by atoms with Crippen LogP contribution < -0.4 is 5.32 Å². The number of hydrogen-bond donors (Lipinski definition) is 1. The average Bonchev–Trinajstić information content (AvgIpc) is 2.22. The Morgan fingerprint density at radius 3 is 2.93 bits per heavy atom. The van der Waals surface area contributed by atoms with Crippen LogP contribution in [0.2, 0.25) is 5.02 Å². The molecule has 1 aromatic rings. The van der Waals surface area contributed by atoms with E-state index in [0.29, 0.717) is 11.8 Å². The number of fused-ring (bicyclic) bond motifs is 1. The van der Waals surface area contributed by atoms with Gasteiger partial charge in [-0.15, -0.1) is 0 Å². The maximum Gasteiger partial charge on any atom is 0.0443 e. The van der Waals surface area contributed by atoms with E-state index >= 15 is 0 Å². The van der Waals surface area contributed by atoms with E-state index in [0.717, 1.165) is 11.6 Å². The second-order valence-corrected chi connectivity index (χ2v) is 4.88. The van der Waals surface area contributed by atoms with Crippen molar-refractivity contribution < 1.29 is 0 Å². The molecule has 0 saturated carbocycles. The third-order valence-corrected chi connectivity index (χ3v) is 3.75. The molecule has 2 rings (SSSR count). The van der Waals surface area contributed by atoms with Gasteiger partial charge in [-0.1, -0.05) is 30.7 Å². The van der Waals surface area contributed by atoms with E-state index in [4.69, 9.17) is 11.6 Å². The highest BCUT2D eigenvalue weighted by Gasteiger charge is 2.25. The van der Waals surface area contributed by atoms with Crippen molar-refractivity contribution in [3.05, 3.63) is 34.3 Å². The van der Waals surface area contributed by atoms with Crippen LogP contribution >= 0.6 is 11.6 Å². The number of hydrogen-bond acceptors (Lipinski definition) is 1. The number of rotatable bonds is 2. The number of nitrogens with one attached hydrogen (secondary N) is 1. The summed E-state index contributed by atoms with van der Waals surface area (Å²) in [6, 6.07) is 6.32. The summed E-state index contributed by atoms with van der Waals surface area (Å²) in [5.74, 6) is 1.25. The Kier molecular flexibility index (Phi) is 3.32. The van der Waals surface area contributed by atoms with Gasteiger partial charge in [-0.25, -0.2) is 0 Å². The summed E-state index contributed by atoms with van der Waals surface area (Å²) < 4.78 is 0. The van der Waals surface area contributed by atoms with Crippen LogP contribution in [0.25, 0.3) is 0 Å². The summed E-state index contributed by atoms with van der Waals surface area (Å²) in [7, 11) is 2.02. The zero-order chi connectivity index (χ0) is 10.8. The highest BCUT2D eigenvalue weighted by molar-refractivity contribution is 6.31. The maximum absolute atomic E-state index is 6.28. The summed E-state index contributed by atoms with van der Waals surface area (Å²) in [5.41, 5.74) is 2.83. The van der Waals surface area contributed by atoms with Crippen molar-refractivity contribution in [2.75, 3.05) is 13.6 Å². The molecule has 0 fully saturated rings. The minimum Gasteiger partial charge on any atom is -0.319 e. The molecule has 2 atom stereocenters. The predicted molar refractivity (Wildman–Crippen MR) is 65.8 cm³/mol. The van der Waals surface area contributed by atoms with Crippen molar-refractivity contribution >= 4 is 11.6 Å². The van der Waals surface area contributed by atoms with Crippen LogP contribution in [0.5, 0.6) is 0 Å². The van der Waals surface area contributed by atoms with Crippen LogP contribution in [0, 0.1) is 0 Å². The Morgan fingerprint density at radius 2 is 2.20 bits per heavy atom. The minimum absolute atomic E-state index is 0.613. The monoisotopic (exact) mass is 223 g/mol. The van der Waals surface area contributed by atoms with Crippen LogP contribution in [-0.2, 0) is 0 Å². The minimum atomic E-state index is 0.613. The van der Waals surface area contributed by atoms with Gasteiger partial charge in [0, 0.05) is 11.6 Å². The summed E-state index contributed by atoms with van der Waals surface area (Å²) >= 11 is 6.28. The third-order valence-electron chi connectivity index (χ3n) is 3.42. The molecule has 0 aromatic heterocycles. The summed E-state index contributed by atoms with van der Waals surface area (Å²) in [6.45, 7) is 3.33. The van der Waals surface area contributed by atoms with Gasteiger partial charge in [-0.3, -0.25) is 0 Å². The van der Waals surface area contributed by atoms with E-state index in [1.54, 1.807) is 0 Å². The Labute approximate surface area is 96.8 Å². The highest BCUT2D eigenvalue weighted by Crippen LogP contribution is 2.41. The Hall–Kier alpha value is -0.530. The van der Waals surface area contributed by atoms with E-state index in [-0.39, 0.29) is 0 Å². The molecule has 0 bridgehead atoms. The van der Waals surface area contributed by atoms with Gasteiger partial charge in [-0.05, 0) is 48.9 Å². The SMILES string of the molecule is CNCC1CCC(C)c2c(Cl)cccc21. The second kappa shape index (κ2) is 4.54. The molecule has 15 heavy (non-hydrogen) atoms. The largest absolute Gasteiger partial charge is 0.319 e. The van der Waals surface area contributed by atoms with Crippen LogP contribution in [0.4, 0.5) is 0 Å². The maximum atomic E-state index is 6.28. The summed E-state index contributed by atoms with van der Waals surface area (Å²) in [4.78, 5) is 0. The first-order valence-corrected chi connectivity index (χ1v) is 6.04. The summed E-state index contributed by atoms with van der Waals surface area (Å²) in [6.07, 6.45) is 2.53. The number of likely N-dealkylation sites (N-methyl/N-ethyl adjacent to an activating group) is 1. The van der Waals surface area contributed by atoms with Gasteiger partial charge >= 0.3 is 0 Å². The lowest BCUT2D eigenvalue weighted by Crippen LogP contribution is -2.22. The fourth-order valence-corrected chi connectivity index (χ4v) is 3.01. The molecule has 1 nitrogen and oxygen atoms in total. The standard InChI is InChI=1S/C13H18ClN/c1-9-6-7-10(8-15-2)11-4-3-5-12(14)13(9)11/h3-5,9-10,15H,6-8H2,1-2H3. The quantitative estimate of drug-likeness (QED) is 0.809. The van der Waals surface area contributed by atoms with Crippen molar-refractivity contribution in [1.29, 1.82) is 0 Å². The molecule has 1 aliphatic rings. The van der Waals surface area contributed by atoms with Gasteiger partial charge in [0.05, 0.1) is 0 Å². The molecule has 1 aliphatic carbocycles. The van der Waals surface area contributed by atoms with Crippen LogP contribution in [0.3, 0.4) is 0 Å². The van der Waals surface area contributed by atoms with E-state index < -0.39 is 0 Å². The molecular weight excluding hydrogens is 206 g/mol. The van der Waals surface area contributed by atoms with Crippen molar-refractivity contribution in [1.82, 2.24) is 5.32 Å². The van der Waals surface area contributed by atoms with Crippen molar-refractivity contribution in [2.45, 2.75) is 31.6 Å². The smallest absolute Gasteiger partial charge is 0.0443 e. The first-order chi connectivity index (χ1) is 7.24. The molecule has 2 unspecified atom stereocenters. The van der Waals surface area contributed by atoms with E-state index in [1.165, 1.54) is 24.0 Å². The first kappa shape index (κ1) is 11.0. The lowest BCUT2D eigenvalue weighted by Gasteiger charge is -2.30. The molecule has 0 amide bonds. The van der Waals surface area contributed by atoms with Gasteiger partial charge in [0.2, 0.25) is 0 Å². The van der Waals surface area contributed by atoms with Gasteiger partial charge < -0.3 is 5.32 Å². The van der Waals surface area contributed by atoms with E-state index in [1.807, 2.05) is 13.1 Å². The molecule has 2 heteroatoms. The predicted octanol–water partition coefficient (Wildman–Crippen LogP) is 3.54. The van der Waals surface area contributed by atoms with Gasteiger partial charge in [-0.2, -0.15) is 0 Å². The average molecular weight is 224 g/mol. The lowest BCUT2D eigenvalue weighted by molar-refractivity contribution is 0.487. The third kappa shape index (κ3) is 2.04. The lowest BCUT2D eigenvalue weighted by atomic mass is 9.77. The molecule has 0 spiro atoms. The Bertz CT molecular complexity index is 348. The second-order valence-electron chi connectivity index (χ2n) is 4.48. The highest BCUT2D eigenvalue weighted by atomic mass is 35.5. The zero-order valence-electron chi connectivity index (χ0n) is 9.39. The molecule has 1 N–H and O–H groups in total. The van der Waals surface area contributed by atoms with Crippen LogP contribution in [0.1, 0.15) is 42.7 Å². The fraction of sp³-hybridized carbons (Fsp3) is 0.538. The number of benzene rings is 1. The molecular formula is C13H18ClN. The van der Waals surface area contributed by atoms with Gasteiger partial charge in [0.15, 0.2) is 0 Å². The Morgan fingerprint density at radius 1 is 1.40 bits per heavy atom. The molecule has 82 valence electrons. The van der Waals surface area contributed by atoms with Crippen molar-refractivity contribution in [3.8, 4) is 0 Å². The Balaban J connectivity index is 2.41. The van der Waals surface area contributed by atoms with E-state index in [9.17, 15) is 0 Å². The van der Waals surface area contributed by atoms with Crippen LogP contribution in [0.15, 0.2) is 18.2 Å². The van der Waals surface area contributed by atoms with Gasteiger partial charge in [0.1, 0.15) is 0 Å². The summed E-state index contributed by atoms with van der Waals surface area (Å²) in [5, 5.41) is 4.21. The molecule has 0 saturated heterocycles. The van der Waals surface area contributed by atoms with Crippen molar-refractivity contribution in [2.24, 2.45) is 0 Å². The molecule has 0 radical (unpaired) electrons. The topological polar surface area (TPSA) is 12.0 Å². The van der Waals surface area contributed by atoms with Gasteiger partial charge in [0.25, 0.3) is 0 Å². The zero-order valence-corrected chi connectivity index (χ0v) is 10.1. The van der Waals surface area contributed by atoms with Crippen molar-refractivity contribution in [3.63, 3.8) is 0 Å². The normalized spacial score (nSPS) is 25.0. The van der Waals surface area contributed by atoms with E-state index in [2.05, 4.69) is 24.4 Å². The number of halogens is 1. The molecule has 0 aliphatic heterocycles. The molecule has 1 aromatic carbocycles. The first-order valence-electron chi connectivity index (χ1n) is 5.67.